The molecule has 0 unspecified atom stereocenters. The molecule has 0 fully saturated rings. The van der Waals surface area contributed by atoms with Crippen molar-refractivity contribution in [3.05, 3.63) is 64.7 Å². The Bertz CT molecular complexity index is 732. The molecule has 2 rings (SSSR count). The van der Waals surface area contributed by atoms with Crippen LogP contribution in [-0.2, 0) is 21.4 Å². The van der Waals surface area contributed by atoms with E-state index in [0.29, 0.717) is 23.7 Å². The van der Waals surface area contributed by atoms with Crippen molar-refractivity contribution in [3.63, 3.8) is 0 Å². The number of hydrogen-bond acceptors (Lipinski definition) is 2. The van der Waals surface area contributed by atoms with Crippen LogP contribution in [0.3, 0.4) is 0 Å². The van der Waals surface area contributed by atoms with Crippen LogP contribution in [0.25, 0.3) is 0 Å². The molecule has 0 aliphatic rings. The lowest BCUT2D eigenvalue weighted by Gasteiger charge is -2.19. The highest BCUT2D eigenvalue weighted by molar-refractivity contribution is 6.39. The molecule has 0 spiro atoms. The lowest BCUT2D eigenvalue weighted by atomic mass is 9.87. The molecule has 132 valence electrons. The van der Waals surface area contributed by atoms with Crippen LogP contribution in [-0.4, -0.2) is 18.4 Å². The minimum atomic E-state index is -0.667. The summed E-state index contributed by atoms with van der Waals surface area (Å²) in [6.45, 7) is 6.75. The minimum absolute atomic E-state index is 0.0432. The Morgan fingerprint density at radius 1 is 0.920 bits per heavy atom. The molecule has 2 aromatic rings. The summed E-state index contributed by atoms with van der Waals surface area (Å²) in [7, 11) is 0. The van der Waals surface area contributed by atoms with Gasteiger partial charge in [-0.1, -0.05) is 56.6 Å². The highest BCUT2D eigenvalue weighted by Crippen LogP contribution is 2.23. The zero-order chi connectivity index (χ0) is 18.4. The second-order valence-electron chi connectivity index (χ2n) is 6.91. The van der Waals surface area contributed by atoms with E-state index in [2.05, 4.69) is 31.4 Å². The van der Waals surface area contributed by atoms with Gasteiger partial charge in [-0.05, 0) is 47.2 Å². The number of nitrogens with one attached hydrogen (secondary N) is 2. The maximum Gasteiger partial charge on any atom is 0.313 e. The van der Waals surface area contributed by atoms with Gasteiger partial charge < -0.3 is 10.6 Å². The Hall–Kier alpha value is -2.33. The fraction of sp³-hybridized carbons (Fsp3) is 0.300. The van der Waals surface area contributed by atoms with Crippen molar-refractivity contribution in [2.24, 2.45) is 0 Å². The first-order valence-electron chi connectivity index (χ1n) is 8.20. The van der Waals surface area contributed by atoms with Gasteiger partial charge in [0, 0.05) is 17.3 Å². The van der Waals surface area contributed by atoms with Gasteiger partial charge in [-0.15, -0.1) is 0 Å². The molecular weight excluding hydrogens is 336 g/mol. The molecule has 2 aromatic carbocycles. The van der Waals surface area contributed by atoms with E-state index in [0.717, 1.165) is 11.1 Å². The van der Waals surface area contributed by atoms with Gasteiger partial charge in [0.15, 0.2) is 0 Å². The minimum Gasteiger partial charge on any atom is -0.347 e. The van der Waals surface area contributed by atoms with Crippen molar-refractivity contribution in [1.82, 2.24) is 5.32 Å². The van der Waals surface area contributed by atoms with Crippen molar-refractivity contribution in [3.8, 4) is 0 Å². The molecule has 0 saturated carbocycles. The molecule has 0 radical (unpaired) electrons. The molecule has 0 aliphatic heterocycles. The third-order valence-corrected chi connectivity index (χ3v) is 4.08. The summed E-state index contributed by atoms with van der Waals surface area (Å²) in [5.41, 5.74) is 2.85. The molecule has 2 N–H and O–H groups in total. The second kappa shape index (κ2) is 8.17. The number of anilines is 1. The van der Waals surface area contributed by atoms with Gasteiger partial charge in [0.2, 0.25) is 0 Å². The Labute approximate surface area is 153 Å². The van der Waals surface area contributed by atoms with E-state index in [1.807, 2.05) is 24.3 Å². The zero-order valence-electron chi connectivity index (χ0n) is 14.7. The van der Waals surface area contributed by atoms with Crippen LogP contribution in [0, 0.1) is 0 Å². The van der Waals surface area contributed by atoms with E-state index in [1.165, 1.54) is 0 Å². The first-order valence-corrected chi connectivity index (χ1v) is 8.58. The van der Waals surface area contributed by atoms with E-state index < -0.39 is 11.8 Å². The van der Waals surface area contributed by atoms with E-state index in [4.69, 9.17) is 11.6 Å². The normalized spacial score (nSPS) is 11.0. The summed E-state index contributed by atoms with van der Waals surface area (Å²) >= 11 is 5.83. The highest BCUT2D eigenvalue weighted by atomic mass is 35.5. The van der Waals surface area contributed by atoms with Gasteiger partial charge in [0.05, 0.1) is 0 Å². The number of rotatable bonds is 4. The lowest BCUT2D eigenvalue weighted by molar-refractivity contribution is -0.136. The van der Waals surface area contributed by atoms with E-state index >= 15 is 0 Å². The van der Waals surface area contributed by atoms with E-state index in [-0.39, 0.29) is 5.41 Å². The monoisotopic (exact) mass is 358 g/mol. The molecule has 0 heterocycles. The molecule has 25 heavy (non-hydrogen) atoms. The van der Waals surface area contributed by atoms with E-state index in [9.17, 15) is 9.59 Å². The zero-order valence-corrected chi connectivity index (χ0v) is 15.5. The molecule has 0 aliphatic carbocycles. The van der Waals surface area contributed by atoms with Gasteiger partial charge in [-0.3, -0.25) is 9.59 Å². The van der Waals surface area contributed by atoms with Crippen LogP contribution in [0.1, 0.15) is 31.9 Å². The fourth-order valence-electron chi connectivity index (χ4n) is 2.29. The Morgan fingerprint density at radius 3 is 2.08 bits per heavy atom. The Kier molecular flexibility index (Phi) is 6.21. The summed E-state index contributed by atoms with van der Waals surface area (Å²) in [6, 6.07) is 14.9. The summed E-state index contributed by atoms with van der Waals surface area (Å²) in [4.78, 5) is 23.8. The number of amides is 2. The quantitative estimate of drug-likeness (QED) is 0.813. The maximum absolute atomic E-state index is 11.9. The molecule has 0 atom stereocenters. The standard InChI is InChI=1S/C20H23ClN2O2/c1-20(2,3)15-6-10-17(11-7-15)23-19(25)18(24)22-13-12-14-4-8-16(21)9-5-14/h4-11H,12-13H2,1-3H3,(H,22,24)(H,23,25). The molecule has 0 aromatic heterocycles. The molecule has 4 nitrogen and oxygen atoms in total. The van der Waals surface area contributed by atoms with Gasteiger partial charge in [0.1, 0.15) is 0 Å². The number of carbonyl (C=O) groups excluding carboxylic acids is 2. The maximum atomic E-state index is 11.9. The Morgan fingerprint density at radius 2 is 1.52 bits per heavy atom. The van der Waals surface area contributed by atoms with Crippen LogP contribution < -0.4 is 10.6 Å². The van der Waals surface area contributed by atoms with Crippen LogP contribution >= 0.6 is 11.6 Å². The number of carbonyl (C=O) groups is 2. The number of benzene rings is 2. The molecule has 0 bridgehead atoms. The van der Waals surface area contributed by atoms with Crippen molar-refractivity contribution in [1.29, 1.82) is 0 Å². The smallest absolute Gasteiger partial charge is 0.313 e. The van der Waals surface area contributed by atoms with Crippen molar-refractivity contribution < 1.29 is 9.59 Å². The van der Waals surface area contributed by atoms with Crippen LogP contribution in [0.15, 0.2) is 48.5 Å². The average Bonchev–Trinajstić information content (AvgIpc) is 2.56. The van der Waals surface area contributed by atoms with Gasteiger partial charge >= 0.3 is 11.8 Å². The van der Waals surface area contributed by atoms with Crippen LogP contribution in [0.5, 0.6) is 0 Å². The summed E-state index contributed by atoms with van der Waals surface area (Å²) in [5.74, 6) is -1.31. The third kappa shape index (κ3) is 5.91. The predicted octanol–water partition coefficient (Wildman–Crippen LogP) is 3.93. The SMILES string of the molecule is CC(C)(C)c1ccc(NC(=O)C(=O)NCCc2ccc(Cl)cc2)cc1. The fourth-order valence-corrected chi connectivity index (χ4v) is 2.42. The first kappa shape index (κ1) is 19.0. The Balaban J connectivity index is 1.81. The largest absolute Gasteiger partial charge is 0.347 e. The van der Waals surface area contributed by atoms with Crippen LogP contribution in [0.4, 0.5) is 5.69 Å². The third-order valence-electron chi connectivity index (χ3n) is 3.83. The summed E-state index contributed by atoms with van der Waals surface area (Å²) < 4.78 is 0. The molecular formula is C20H23ClN2O2. The average molecular weight is 359 g/mol. The summed E-state index contributed by atoms with van der Waals surface area (Å²) in [6.07, 6.45) is 0.635. The second-order valence-corrected chi connectivity index (χ2v) is 7.35. The van der Waals surface area contributed by atoms with Gasteiger partial charge in [0.25, 0.3) is 0 Å². The lowest BCUT2D eigenvalue weighted by Crippen LogP contribution is -2.36. The van der Waals surface area contributed by atoms with E-state index in [1.54, 1.807) is 24.3 Å². The molecule has 0 saturated heterocycles. The summed E-state index contributed by atoms with van der Waals surface area (Å²) in [5, 5.41) is 5.90. The molecule has 2 amide bonds. The van der Waals surface area contributed by atoms with Crippen molar-refractivity contribution in [2.75, 3.05) is 11.9 Å². The van der Waals surface area contributed by atoms with Gasteiger partial charge in [-0.2, -0.15) is 0 Å². The molecule has 5 heteroatoms. The highest BCUT2D eigenvalue weighted by Gasteiger charge is 2.15. The first-order chi connectivity index (χ1) is 11.8. The van der Waals surface area contributed by atoms with Crippen molar-refractivity contribution >= 4 is 29.1 Å². The predicted molar refractivity (Wildman–Crippen MR) is 102 cm³/mol. The van der Waals surface area contributed by atoms with Crippen LogP contribution in [0.2, 0.25) is 5.02 Å². The number of hydrogen-bond donors (Lipinski definition) is 2. The van der Waals surface area contributed by atoms with Gasteiger partial charge in [-0.25, -0.2) is 0 Å². The topological polar surface area (TPSA) is 58.2 Å². The van der Waals surface area contributed by atoms with Crippen molar-refractivity contribution in [2.45, 2.75) is 32.6 Å². The number of halogens is 1.